The SMILES string of the molecule is CCC(CC)C[C@@H](C(=O)O)N(C)C(=O)OCC1c2ccccc2-c2ccccc21. The molecule has 0 heterocycles. The minimum atomic E-state index is -0.993. The highest BCUT2D eigenvalue weighted by Gasteiger charge is 2.32. The lowest BCUT2D eigenvalue weighted by molar-refractivity contribution is -0.143. The topological polar surface area (TPSA) is 66.8 Å². The first-order valence-corrected chi connectivity index (χ1v) is 10.3. The summed E-state index contributed by atoms with van der Waals surface area (Å²) in [5.41, 5.74) is 4.59. The summed E-state index contributed by atoms with van der Waals surface area (Å²) in [6.45, 7) is 4.27. The van der Waals surface area contributed by atoms with Crippen LogP contribution in [-0.2, 0) is 9.53 Å². The van der Waals surface area contributed by atoms with Crippen LogP contribution in [0.15, 0.2) is 48.5 Å². The molecule has 1 aliphatic carbocycles. The van der Waals surface area contributed by atoms with E-state index in [-0.39, 0.29) is 18.4 Å². The summed E-state index contributed by atoms with van der Waals surface area (Å²) in [5, 5.41) is 9.62. The molecule has 154 valence electrons. The third kappa shape index (κ3) is 4.29. The molecule has 0 saturated carbocycles. The number of nitrogens with zero attached hydrogens (tertiary/aromatic N) is 1. The lowest BCUT2D eigenvalue weighted by Gasteiger charge is -2.27. The van der Waals surface area contributed by atoms with Crippen LogP contribution in [-0.4, -0.2) is 41.8 Å². The van der Waals surface area contributed by atoms with Crippen LogP contribution in [0.25, 0.3) is 11.1 Å². The molecule has 1 amide bonds. The van der Waals surface area contributed by atoms with Gasteiger partial charge < -0.3 is 9.84 Å². The zero-order chi connectivity index (χ0) is 21.0. The van der Waals surface area contributed by atoms with Gasteiger partial charge in [0.05, 0.1) is 0 Å². The fraction of sp³-hybridized carbons (Fsp3) is 0.417. The predicted octanol–water partition coefficient (Wildman–Crippen LogP) is 5.15. The maximum absolute atomic E-state index is 12.7. The van der Waals surface area contributed by atoms with E-state index in [1.807, 2.05) is 38.1 Å². The molecular weight excluding hydrogens is 366 g/mol. The summed E-state index contributed by atoms with van der Waals surface area (Å²) in [4.78, 5) is 25.6. The van der Waals surface area contributed by atoms with Crippen LogP contribution in [0.1, 0.15) is 50.2 Å². The molecule has 0 fully saturated rings. The largest absolute Gasteiger partial charge is 0.480 e. The standard InChI is InChI=1S/C24H29NO4/c1-4-16(5-2)14-22(23(26)27)25(3)24(28)29-15-21-19-12-8-6-10-17(19)18-11-7-9-13-20(18)21/h6-13,16,21-22H,4-5,14-15H2,1-3H3,(H,26,27)/t22-/m0/s1. The van der Waals surface area contributed by atoms with E-state index >= 15 is 0 Å². The Kier molecular flexibility index (Phi) is 6.57. The molecule has 29 heavy (non-hydrogen) atoms. The lowest BCUT2D eigenvalue weighted by atomic mass is 9.94. The van der Waals surface area contributed by atoms with Crippen LogP contribution < -0.4 is 0 Å². The molecule has 0 aliphatic heterocycles. The van der Waals surface area contributed by atoms with Gasteiger partial charge in [-0.15, -0.1) is 0 Å². The van der Waals surface area contributed by atoms with Crippen molar-refractivity contribution in [1.82, 2.24) is 4.90 Å². The fourth-order valence-electron chi connectivity index (χ4n) is 4.19. The summed E-state index contributed by atoms with van der Waals surface area (Å²) in [5.74, 6) is -0.769. The second-order valence-electron chi connectivity index (χ2n) is 7.69. The highest BCUT2D eigenvalue weighted by atomic mass is 16.6. The molecule has 0 saturated heterocycles. The molecule has 5 nitrogen and oxygen atoms in total. The Labute approximate surface area is 172 Å². The third-order valence-electron chi connectivity index (χ3n) is 6.09. The molecule has 1 atom stereocenters. The molecule has 2 aromatic rings. The van der Waals surface area contributed by atoms with Crippen LogP contribution in [0.4, 0.5) is 4.79 Å². The predicted molar refractivity (Wildman–Crippen MR) is 113 cm³/mol. The van der Waals surface area contributed by atoms with Gasteiger partial charge in [-0.05, 0) is 34.6 Å². The van der Waals surface area contributed by atoms with Crippen LogP contribution in [0.3, 0.4) is 0 Å². The van der Waals surface area contributed by atoms with Crippen molar-refractivity contribution in [1.29, 1.82) is 0 Å². The Hall–Kier alpha value is -2.82. The van der Waals surface area contributed by atoms with Gasteiger partial charge in [0.2, 0.25) is 0 Å². The van der Waals surface area contributed by atoms with Gasteiger partial charge in [-0.2, -0.15) is 0 Å². The summed E-state index contributed by atoms with van der Waals surface area (Å²) in [7, 11) is 1.51. The number of ether oxygens (including phenoxy) is 1. The zero-order valence-corrected chi connectivity index (χ0v) is 17.3. The Bertz CT molecular complexity index is 829. The maximum Gasteiger partial charge on any atom is 0.410 e. The number of fused-ring (bicyclic) bond motifs is 3. The lowest BCUT2D eigenvalue weighted by Crippen LogP contribution is -2.44. The third-order valence-corrected chi connectivity index (χ3v) is 6.09. The number of rotatable bonds is 8. The van der Waals surface area contributed by atoms with Gasteiger partial charge in [0, 0.05) is 13.0 Å². The van der Waals surface area contributed by atoms with E-state index in [4.69, 9.17) is 4.74 Å². The number of amides is 1. The molecule has 0 aromatic heterocycles. The number of aliphatic carboxylic acids is 1. The average molecular weight is 395 g/mol. The molecule has 0 unspecified atom stereocenters. The van der Waals surface area contributed by atoms with Crippen molar-refractivity contribution in [3.8, 4) is 11.1 Å². The Balaban J connectivity index is 1.72. The molecular formula is C24H29NO4. The smallest absolute Gasteiger partial charge is 0.410 e. The van der Waals surface area contributed by atoms with Crippen molar-refractivity contribution in [2.45, 2.75) is 45.1 Å². The van der Waals surface area contributed by atoms with E-state index in [0.717, 1.165) is 35.1 Å². The van der Waals surface area contributed by atoms with Gasteiger partial charge in [-0.3, -0.25) is 4.90 Å². The number of likely N-dealkylation sites (N-methyl/N-ethyl adjacent to an activating group) is 1. The van der Waals surface area contributed by atoms with E-state index in [0.29, 0.717) is 6.42 Å². The van der Waals surface area contributed by atoms with E-state index in [9.17, 15) is 14.7 Å². The summed E-state index contributed by atoms with van der Waals surface area (Å²) in [6.07, 6.45) is 1.62. The van der Waals surface area contributed by atoms with Crippen molar-refractivity contribution in [3.63, 3.8) is 0 Å². The molecule has 0 spiro atoms. The zero-order valence-electron chi connectivity index (χ0n) is 17.3. The van der Waals surface area contributed by atoms with Gasteiger partial charge in [0.1, 0.15) is 12.6 Å². The van der Waals surface area contributed by atoms with E-state index < -0.39 is 18.1 Å². The van der Waals surface area contributed by atoms with Gasteiger partial charge in [0.15, 0.2) is 0 Å². The summed E-state index contributed by atoms with van der Waals surface area (Å²) >= 11 is 0. The van der Waals surface area contributed by atoms with Gasteiger partial charge in [0.25, 0.3) is 0 Å². The number of carbonyl (C=O) groups excluding carboxylic acids is 1. The normalized spacial score (nSPS) is 13.7. The van der Waals surface area contributed by atoms with E-state index in [1.54, 1.807) is 0 Å². The Morgan fingerprint density at radius 3 is 2.00 bits per heavy atom. The molecule has 0 bridgehead atoms. The number of carbonyl (C=O) groups is 2. The molecule has 1 N–H and O–H groups in total. The fourth-order valence-corrected chi connectivity index (χ4v) is 4.19. The number of hydrogen-bond donors (Lipinski definition) is 1. The second kappa shape index (κ2) is 9.12. The Morgan fingerprint density at radius 1 is 1.00 bits per heavy atom. The summed E-state index contributed by atoms with van der Waals surface area (Å²) < 4.78 is 5.61. The van der Waals surface area contributed by atoms with Crippen molar-refractivity contribution in [3.05, 3.63) is 59.7 Å². The van der Waals surface area contributed by atoms with Crippen LogP contribution >= 0.6 is 0 Å². The first kappa shape index (κ1) is 20.9. The van der Waals surface area contributed by atoms with Crippen molar-refractivity contribution in [2.75, 3.05) is 13.7 Å². The monoisotopic (exact) mass is 395 g/mol. The molecule has 5 heteroatoms. The van der Waals surface area contributed by atoms with Gasteiger partial charge in [-0.25, -0.2) is 9.59 Å². The molecule has 1 aliphatic rings. The van der Waals surface area contributed by atoms with Crippen molar-refractivity contribution < 1.29 is 19.4 Å². The van der Waals surface area contributed by atoms with Gasteiger partial charge >= 0.3 is 12.1 Å². The molecule has 0 radical (unpaired) electrons. The second-order valence-corrected chi connectivity index (χ2v) is 7.69. The average Bonchev–Trinajstić information content (AvgIpc) is 3.06. The Morgan fingerprint density at radius 2 is 1.52 bits per heavy atom. The molecule has 3 rings (SSSR count). The maximum atomic E-state index is 12.7. The molecule has 2 aromatic carbocycles. The van der Waals surface area contributed by atoms with Crippen LogP contribution in [0.2, 0.25) is 0 Å². The minimum absolute atomic E-state index is 0.0398. The quantitative estimate of drug-likeness (QED) is 0.671. The van der Waals surface area contributed by atoms with Crippen LogP contribution in [0.5, 0.6) is 0 Å². The first-order chi connectivity index (χ1) is 14.0. The highest BCUT2D eigenvalue weighted by Crippen LogP contribution is 2.44. The number of benzene rings is 2. The van der Waals surface area contributed by atoms with Gasteiger partial charge in [-0.1, -0.05) is 75.2 Å². The highest BCUT2D eigenvalue weighted by molar-refractivity contribution is 5.81. The van der Waals surface area contributed by atoms with Crippen LogP contribution in [0, 0.1) is 5.92 Å². The number of carboxylic acid groups (broad SMARTS) is 1. The number of carboxylic acids is 1. The van der Waals surface area contributed by atoms with E-state index in [2.05, 4.69) is 24.3 Å². The minimum Gasteiger partial charge on any atom is -0.480 e. The first-order valence-electron chi connectivity index (χ1n) is 10.3. The van der Waals surface area contributed by atoms with Crippen molar-refractivity contribution in [2.24, 2.45) is 5.92 Å². The van der Waals surface area contributed by atoms with E-state index in [1.165, 1.54) is 11.9 Å². The summed E-state index contributed by atoms with van der Waals surface area (Å²) in [6, 6.07) is 15.4. The number of hydrogen-bond acceptors (Lipinski definition) is 3. The van der Waals surface area contributed by atoms with Crippen molar-refractivity contribution >= 4 is 12.1 Å².